The largest absolute Gasteiger partial charge is 0.321 e. The Balaban J connectivity index is 1.62. The molecule has 1 heterocycles. The molecule has 4 nitrogen and oxygen atoms in total. The first-order valence-electron chi connectivity index (χ1n) is 6.83. The second kappa shape index (κ2) is 5.81. The van der Waals surface area contributed by atoms with Crippen LogP contribution in [0.3, 0.4) is 0 Å². The van der Waals surface area contributed by atoms with Gasteiger partial charge in [-0.15, -0.1) is 11.3 Å². The fraction of sp³-hybridized carbons (Fsp3) is 0.333. The molecule has 21 heavy (non-hydrogen) atoms. The van der Waals surface area contributed by atoms with Gasteiger partial charge >= 0.3 is 6.03 Å². The Hall–Kier alpha value is -1.95. The van der Waals surface area contributed by atoms with E-state index in [9.17, 15) is 9.18 Å². The second-order valence-electron chi connectivity index (χ2n) is 5.22. The van der Waals surface area contributed by atoms with Gasteiger partial charge in [0.15, 0.2) is 0 Å². The van der Waals surface area contributed by atoms with E-state index < -0.39 is 0 Å². The molecule has 110 valence electrons. The number of amides is 2. The number of nitrogens with zero attached hydrogens (tertiary/aromatic N) is 2. The van der Waals surface area contributed by atoms with Gasteiger partial charge in [0.1, 0.15) is 10.8 Å². The van der Waals surface area contributed by atoms with Crippen LogP contribution in [0, 0.1) is 5.82 Å². The number of carbonyl (C=O) groups excluding carboxylic acids is 1. The number of nitrogens with one attached hydrogen (secondary N) is 1. The van der Waals surface area contributed by atoms with E-state index >= 15 is 0 Å². The lowest BCUT2D eigenvalue weighted by Crippen LogP contribution is -2.30. The number of thiazole rings is 1. The Morgan fingerprint density at radius 2 is 2.33 bits per heavy atom. The highest BCUT2D eigenvalue weighted by molar-refractivity contribution is 7.09. The van der Waals surface area contributed by atoms with Crippen molar-refractivity contribution in [3.05, 3.63) is 46.2 Å². The van der Waals surface area contributed by atoms with Gasteiger partial charge in [0.2, 0.25) is 0 Å². The molecule has 2 aromatic rings. The summed E-state index contributed by atoms with van der Waals surface area (Å²) in [5.41, 5.74) is 1.23. The molecule has 3 rings (SSSR count). The molecular weight excluding hydrogens is 289 g/mol. The summed E-state index contributed by atoms with van der Waals surface area (Å²) in [5.74, 6) is 0.125. The lowest BCUT2D eigenvalue weighted by atomic mass is 10.1. The topological polar surface area (TPSA) is 45.2 Å². The molecule has 2 amide bonds. The highest BCUT2D eigenvalue weighted by Gasteiger charge is 2.26. The normalized spacial score (nSPS) is 14.0. The minimum atomic E-state index is -0.274. The van der Waals surface area contributed by atoms with Crippen LogP contribution in [0.25, 0.3) is 0 Å². The molecule has 0 radical (unpaired) electrons. The number of rotatable bonds is 4. The zero-order valence-electron chi connectivity index (χ0n) is 11.7. The third kappa shape index (κ3) is 3.39. The molecule has 1 aliphatic carbocycles. The minimum Gasteiger partial charge on any atom is -0.321 e. The van der Waals surface area contributed by atoms with Crippen molar-refractivity contribution < 1.29 is 9.18 Å². The lowest BCUT2D eigenvalue weighted by molar-refractivity contribution is 0.220. The van der Waals surface area contributed by atoms with E-state index in [2.05, 4.69) is 10.3 Å². The molecule has 6 heteroatoms. The maximum atomic E-state index is 13.9. The van der Waals surface area contributed by atoms with Crippen LogP contribution in [0.2, 0.25) is 0 Å². The first-order valence-corrected chi connectivity index (χ1v) is 7.71. The number of aromatic nitrogens is 1. The monoisotopic (exact) mass is 305 g/mol. The molecule has 0 atom stereocenters. The molecule has 1 aromatic heterocycles. The van der Waals surface area contributed by atoms with Crippen LogP contribution >= 0.6 is 11.3 Å². The van der Waals surface area contributed by atoms with Gasteiger partial charge in [-0.25, -0.2) is 14.2 Å². The molecule has 0 saturated heterocycles. The van der Waals surface area contributed by atoms with Crippen molar-refractivity contribution in [1.82, 2.24) is 9.88 Å². The van der Waals surface area contributed by atoms with Gasteiger partial charge in [-0.2, -0.15) is 0 Å². The minimum absolute atomic E-state index is 0.238. The molecule has 0 aliphatic heterocycles. The van der Waals surface area contributed by atoms with Crippen molar-refractivity contribution in [3.63, 3.8) is 0 Å². The number of carbonyl (C=O) groups is 1. The van der Waals surface area contributed by atoms with E-state index in [0.717, 1.165) is 23.4 Å². The van der Waals surface area contributed by atoms with Crippen LogP contribution in [0.15, 0.2) is 29.8 Å². The molecule has 1 N–H and O–H groups in total. The Morgan fingerprint density at radius 3 is 2.95 bits per heavy atom. The molecule has 0 unspecified atom stereocenters. The third-order valence-electron chi connectivity index (χ3n) is 3.47. The van der Waals surface area contributed by atoms with Crippen molar-refractivity contribution in [3.8, 4) is 0 Å². The number of urea groups is 1. The highest BCUT2D eigenvalue weighted by atomic mass is 32.1. The van der Waals surface area contributed by atoms with Crippen molar-refractivity contribution in [2.75, 3.05) is 12.4 Å². The molecule has 0 spiro atoms. The predicted octanol–water partition coefficient (Wildman–Crippen LogP) is 3.82. The van der Waals surface area contributed by atoms with E-state index in [4.69, 9.17) is 0 Å². The van der Waals surface area contributed by atoms with Crippen LogP contribution in [0.4, 0.5) is 14.9 Å². The summed E-state index contributed by atoms with van der Waals surface area (Å²) in [6.45, 7) is 0.437. The predicted molar refractivity (Wildman–Crippen MR) is 81.0 cm³/mol. The summed E-state index contributed by atoms with van der Waals surface area (Å²) in [6, 6.07) is 4.64. The van der Waals surface area contributed by atoms with E-state index in [-0.39, 0.29) is 11.8 Å². The van der Waals surface area contributed by atoms with Crippen LogP contribution in [-0.2, 0) is 6.54 Å². The summed E-state index contributed by atoms with van der Waals surface area (Å²) < 4.78 is 13.9. The summed E-state index contributed by atoms with van der Waals surface area (Å²) in [6.07, 6.45) is 3.82. The quantitative estimate of drug-likeness (QED) is 0.933. The van der Waals surface area contributed by atoms with Crippen molar-refractivity contribution in [1.29, 1.82) is 0 Å². The van der Waals surface area contributed by atoms with Gasteiger partial charge in [0.25, 0.3) is 0 Å². The first-order chi connectivity index (χ1) is 10.1. The molecule has 1 fully saturated rings. The SMILES string of the molecule is CN(Cc1nccs1)C(=O)Nc1ccc(C2CC2)c(F)c1. The van der Waals surface area contributed by atoms with Gasteiger partial charge < -0.3 is 10.2 Å². The Bertz CT molecular complexity index is 640. The van der Waals surface area contributed by atoms with Crippen molar-refractivity contribution >= 4 is 23.1 Å². The van der Waals surface area contributed by atoms with Gasteiger partial charge in [0.05, 0.1) is 6.54 Å². The standard InChI is InChI=1S/C15H16FN3OS/c1-19(9-14-17-6-7-21-14)15(20)18-11-4-5-12(10-2-3-10)13(16)8-11/h4-8,10H,2-3,9H2,1H3,(H,18,20). The molecule has 1 aromatic carbocycles. The van der Waals surface area contributed by atoms with E-state index in [1.807, 2.05) is 5.38 Å². The van der Waals surface area contributed by atoms with E-state index in [0.29, 0.717) is 18.2 Å². The maximum Gasteiger partial charge on any atom is 0.321 e. The molecule has 1 aliphatic rings. The van der Waals surface area contributed by atoms with Crippen molar-refractivity contribution in [2.24, 2.45) is 0 Å². The average Bonchev–Trinajstić information content (AvgIpc) is 3.16. The Kier molecular flexibility index (Phi) is 3.88. The summed E-state index contributed by atoms with van der Waals surface area (Å²) >= 11 is 1.50. The fourth-order valence-corrected chi connectivity index (χ4v) is 2.82. The number of anilines is 1. The second-order valence-corrected chi connectivity index (χ2v) is 6.20. The third-order valence-corrected chi connectivity index (χ3v) is 4.24. The van der Waals surface area contributed by atoms with Crippen LogP contribution in [0.5, 0.6) is 0 Å². The maximum absolute atomic E-state index is 13.9. The average molecular weight is 305 g/mol. The molecular formula is C15H16FN3OS. The fourth-order valence-electron chi connectivity index (χ4n) is 2.15. The highest BCUT2D eigenvalue weighted by Crippen LogP contribution is 2.41. The van der Waals surface area contributed by atoms with Crippen LogP contribution in [0.1, 0.15) is 29.3 Å². The summed E-state index contributed by atoms with van der Waals surface area (Å²) in [7, 11) is 1.69. The zero-order valence-corrected chi connectivity index (χ0v) is 12.5. The van der Waals surface area contributed by atoms with E-state index in [1.54, 1.807) is 25.4 Å². The van der Waals surface area contributed by atoms with Gasteiger partial charge in [0, 0.05) is 24.3 Å². The number of hydrogen-bond donors (Lipinski definition) is 1. The van der Waals surface area contributed by atoms with Crippen LogP contribution in [-0.4, -0.2) is 23.0 Å². The van der Waals surface area contributed by atoms with Crippen LogP contribution < -0.4 is 5.32 Å². The van der Waals surface area contributed by atoms with Gasteiger partial charge in [-0.1, -0.05) is 6.07 Å². The zero-order chi connectivity index (χ0) is 14.8. The van der Waals surface area contributed by atoms with Crippen molar-refractivity contribution in [2.45, 2.75) is 25.3 Å². The lowest BCUT2D eigenvalue weighted by Gasteiger charge is -2.17. The number of hydrogen-bond acceptors (Lipinski definition) is 3. The smallest absolute Gasteiger partial charge is 0.321 e. The van der Waals surface area contributed by atoms with Gasteiger partial charge in [-0.05, 0) is 36.5 Å². The number of benzene rings is 1. The Morgan fingerprint density at radius 1 is 1.52 bits per heavy atom. The van der Waals surface area contributed by atoms with E-state index in [1.165, 1.54) is 22.3 Å². The first kappa shape index (κ1) is 14.0. The molecule has 1 saturated carbocycles. The number of halogens is 1. The summed E-state index contributed by atoms with van der Waals surface area (Å²) in [4.78, 5) is 17.7. The summed E-state index contributed by atoms with van der Waals surface area (Å²) in [5, 5.41) is 5.44. The van der Waals surface area contributed by atoms with Gasteiger partial charge in [-0.3, -0.25) is 0 Å². The molecule has 0 bridgehead atoms. The Labute approximate surface area is 126 Å².